The predicted octanol–water partition coefficient (Wildman–Crippen LogP) is 4.22. The van der Waals surface area contributed by atoms with Crippen LogP contribution in [0.5, 0.6) is 0 Å². The van der Waals surface area contributed by atoms with Gasteiger partial charge in [-0.15, -0.1) is 0 Å². The van der Waals surface area contributed by atoms with Crippen LogP contribution in [0, 0.1) is 5.92 Å². The first-order valence-corrected chi connectivity index (χ1v) is 10.9. The van der Waals surface area contributed by atoms with Crippen molar-refractivity contribution in [1.29, 1.82) is 0 Å². The normalized spacial score (nSPS) is 22.6. The second-order valence-corrected chi connectivity index (χ2v) is 8.20. The minimum absolute atomic E-state index is 0.00499. The van der Waals surface area contributed by atoms with Gasteiger partial charge in [0.15, 0.2) is 5.76 Å². The van der Waals surface area contributed by atoms with E-state index in [1.807, 2.05) is 35.2 Å². The number of nitrogens with zero attached hydrogens (tertiary/aromatic N) is 2. The number of amides is 1. The number of carbonyl (C=O) groups is 1. The van der Waals surface area contributed by atoms with Crippen molar-refractivity contribution in [3.8, 4) is 0 Å². The van der Waals surface area contributed by atoms with Crippen molar-refractivity contribution < 1.29 is 19.0 Å². The number of methoxy groups -OCH3 is 1. The van der Waals surface area contributed by atoms with Crippen LogP contribution in [0.2, 0.25) is 0 Å². The van der Waals surface area contributed by atoms with Crippen molar-refractivity contribution in [2.45, 2.75) is 38.3 Å². The first-order chi connectivity index (χ1) is 15.2. The van der Waals surface area contributed by atoms with Gasteiger partial charge in [0.25, 0.3) is 0 Å². The van der Waals surface area contributed by atoms with Gasteiger partial charge >= 0.3 is 0 Å². The summed E-state index contributed by atoms with van der Waals surface area (Å²) in [6.45, 7) is 1.54. The molecule has 1 amide bonds. The molecule has 0 spiro atoms. The second-order valence-electron chi connectivity index (χ2n) is 8.20. The fraction of sp³-hybridized carbons (Fsp3) is 0.417. The highest BCUT2D eigenvalue weighted by Gasteiger charge is 2.33. The highest BCUT2D eigenvalue weighted by Crippen LogP contribution is 2.39. The highest BCUT2D eigenvalue weighted by molar-refractivity contribution is 6.00. The molecule has 0 radical (unpaired) electrons. The van der Waals surface area contributed by atoms with E-state index in [1.165, 1.54) is 0 Å². The van der Waals surface area contributed by atoms with E-state index in [-0.39, 0.29) is 17.9 Å². The van der Waals surface area contributed by atoms with Crippen molar-refractivity contribution in [3.63, 3.8) is 0 Å². The van der Waals surface area contributed by atoms with Crippen LogP contribution >= 0.6 is 0 Å². The van der Waals surface area contributed by atoms with Gasteiger partial charge in [0.2, 0.25) is 5.91 Å². The summed E-state index contributed by atoms with van der Waals surface area (Å²) in [5, 5.41) is 3.42. The third kappa shape index (κ3) is 3.97. The Balaban J connectivity index is 1.51. The van der Waals surface area contributed by atoms with Gasteiger partial charge in [-0.3, -0.25) is 4.79 Å². The Kier molecular flexibility index (Phi) is 5.51. The summed E-state index contributed by atoms with van der Waals surface area (Å²) in [5.74, 6) is 1.61. The number of pyridine rings is 1. The van der Waals surface area contributed by atoms with E-state index in [4.69, 9.17) is 14.2 Å². The Bertz CT molecular complexity index is 998. The Labute approximate surface area is 182 Å². The molecule has 1 N–H and O–H groups in total. The Morgan fingerprint density at radius 1 is 1.19 bits per heavy atom. The number of hydrogen-bond acceptors (Lipinski definition) is 6. The lowest BCUT2D eigenvalue weighted by atomic mass is 9.86. The molecule has 2 aliphatic heterocycles. The van der Waals surface area contributed by atoms with Crippen molar-refractivity contribution in [2.24, 2.45) is 5.92 Å². The van der Waals surface area contributed by atoms with Gasteiger partial charge < -0.3 is 24.4 Å². The molecule has 2 aromatic rings. The minimum atomic E-state index is -0.00499. The summed E-state index contributed by atoms with van der Waals surface area (Å²) in [7, 11) is 1.75. The summed E-state index contributed by atoms with van der Waals surface area (Å²) in [4.78, 5) is 20.1. The molecule has 1 aromatic carbocycles. The highest BCUT2D eigenvalue weighted by atomic mass is 16.6. The standard InChI is InChI=1S/C24H27N3O4/c1-29-19-7-4-16(5-8-19)24(28)27-14-18-3-2-10-25-23(18)26-20-9-6-17(13-21(20)27)22-15-30-11-12-31-22/h2-3,6,9-10,13,15-16,19H,4-5,7-8,11-12,14H2,1H3,(H,25,26)/t16-,19-. The first kappa shape index (κ1) is 19.9. The van der Waals surface area contributed by atoms with Crippen LogP contribution in [0.3, 0.4) is 0 Å². The van der Waals surface area contributed by atoms with Crippen LogP contribution in [-0.4, -0.2) is 37.3 Å². The maximum atomic E-state index is 13.7. The zero-order valence-corrected chi connectivity index (χ0v) is 17.7. The quantitative estimate of drug-likeness (QED) is 0.800. The third-order valence-electron chi connectivity index (χ3n) is 6.32. The van der Waals surface area contributed by atoms with Crippen LogP contribution in [-0.2, 0) is 25.5 Å². The maximum Gasteiger partial charge on any atom is 0.230 e. The van der Waals surface area contributed by atoms with E-state index in [2.05, 4.69) is 10.3 Å². The third-order valence-corrected chi connectivity index (χ3v) is 6.32. The van der Waals surface area contributed by atoms with Crippen LogP contribution in [0.25, 0.3) is 5.76 Å². The fourth-order valence-electron chi connectivity index (χ4n) is 4.56. The largest absolute Gasteiger partial charge is 0.494 e. The number of benzene rings is 1. The maximum absolute atomic E-state index is 13.7. The van der Waals surface area contributed by atoms with Crippen LogP contribution in [0.15, 0.2) is 42.8 Å². The second kappa shape index (κ2) is 8.59. The van der Waals surface area contributed by atoms with Gasteiger partial charge in [-0.25, -0.2) is 4.98 Å². The summed E-state index contributed by atoms with van der Waals surface area (Å²) in [6, 6.07) is 9.90. The summed E-state index contributed by atoms with van der Waals surface area (Å²) >= 11 is 0. The summed E-state index contributed by atoms with van der Waals surface area (Å²) < 4.78 is 16.7. The Hall–Kier alpha value is -3.06. The zero-order chi connectivity index (χ0) is 21.2. The van der Waals surface area contributed by atoms with E-state index in [1.54, 1.807) is 19.6 Å². The van der Waals surface area contributed by atoms with Crippen LogP contribution in [0.4, 0.5) is 17.2 Å². The number of carbonyl (C=O) groups excluding carboxylic acids is 1. The molecule has 0 bridgehead atoms. The summed E-state index contributed by atoms with van der Waals surface area (Å²) in [6.07, 6.45) is 7.19. The van der Waals surface area contributed by atoms with Gasteiger partial charge in [-0.1, -0.05) is 6.07 Å². The van der Waals surface area contributed by atoms with E-state index in [0.717, 1.165) is 54.0 Å². The number of hydrogen-bond donors (Lipinski definition) is 1. The van der Waals surface area contributed by atoms with Crippen molar-refractivity contribution in [2.75, 3.05) is 30.5 Å². The number of aromatic nitrogens is 1. The summed E-state index contributed by atoms with van der Waals surface area (Å²) in [5.41, 5.74) is 3.58. The van der Waals surface area contributed by atoms with Crippen LogP contribution < -0.4 is 10.2 Å². The molecule has 1 saturated carbocycles. The van der Waals surface area contributed by atoms with Gasteiger partial charge in [-0.2, -0.15) is 0 Å². The number of ether oxygens (including phenoxy) is 3. The van der Waals surface area contributed by atoms with E-state index < -0.39 is 0 Å². The molecule has 162 valence electrons. The molecule has 0 saturated heterocycles. The van der Waals surface area contributed by atoms with Gasteiger partial charge in [0, 0.05) is 30.4 Å². The van der Waals surface area contributed by atoms with Gasteiger partial charge in [0.05, 0.1) is 24.0 Å². The molecule has 0 atom stereocenters. The first-order valence-electron chi connectivity index (χ1n) is 10.9. The monoisotopic (exact) mass is 421 g/mol. The number of rotatable bonds is 3. The Morgan fingerprint density at radius 3 is 2.84 bits per heavy atom. The number of nitrogens with one attached hydrogen (secondary N) is 1. The molecule has 31 heavy (non-hydrogen) atoms. The fourth-order valence-corrected chi connectivity index (χ4v) is 4.56. The molecule has 3 heterocycles. The molecule has 5 rings (SSSR count). The average molecular weight is 421 g/mol. The molecule has 3 aliphatic rings. The molecule has 1 aliphatic carbocycles. The smallest absolute Gasteiger partial charge is 0.230 e. The average Bonchev–Trinajstić information content (AvgIpc) is 3.00. The van der Waals surface area contributed by atoms with E-state index >= 15 is 0 Å². The molecular weight excluding hydrogens is 394 g/mol. The minimum Gasteiger partial charge on any atom is -0.494 e. The Morgan fingerprint density at radius 2 is 2.06 bits per heavy atom. The lowest BCUT2D eigenvalue weighted by Crippen LogP contribution is -2.38. The predicted molar refractivity (Wildman–Crippen MR) is 118 cm³/mol. The lowest BCUT2D eigenvalue weighted by molar-refractivity contribution is -0.124. The van der Waals surface area contributed by atoms with Gasteiger partial charge in [0.1, 0.15) is 25.3 Å². The van der Waals surface area contributed by atoms with E-state index in [0.29, 0.717) is 25.5 Å². The van der Waals surface area contributed by atoms with Crippen molar-refractivity contribution in [1.82, 2.24) is 4.98 Å². The lowest BCUT2D eigenvalue weighted by Gasteiger charge is -2.32. The molecule has 1 fully saturated rings. The van der Waals surface area contributed by atoms with Crippen LogP contribution in [0.1, 0.15) is 36.8 Å². The van der Waals surface area contributed by atoms with Gasteiger partial charge in [-0.05, 0) is 49.9 Å². The topological polar surface area (TPSA) is 72.9 Å². The van der Waals surface area contributed by atoms with Crippen molar-refractivity contribution >= 4 is 28.9 Å². The zero-order valence-electron chi connectivity index (χ0n) is 17.7. The molecule has 0 unspecified atom stereocenters. The molecule has 7 nitrogen and oxygen atoms in total. The number of fused-ring (bicyclic) bond motifs is 2. The molecule has 1 aromatic heterocycles. The molecule has 7 heteroatoms. The molecular formula is C24H27N3O4. The SMILES string of the molecule is CO[C@H]1CC[C@H](C(=O)N2Cc3cccnc3Nc3ccc(C4=COCCO4)cc32)CC1. The number of anilines is 3. The van der Waals surface area contributed by atoms with Crippen molar-refractivity contribution in [3.05, 3.63) is 53.9 Å². The van der Waals surface area contributed by atoms with E-state index in [9.17, 15) is 4.79 Å².